The Kier molecular flexibility index (Phi) is 5.66. The van der Waals surface area contributed by atoms with Crippen molar-refractivity contribution < 1.29 is 9.90 Å². The van der Waals surface area contributed by atoms with Gasteiger partial charge < -0.3 is 10.4 Å². The van der Waals surface area contributed by atoms with Crippen LogP contribution in [0, 0.1) is 5.92 Å². The van der Waals surface area contributed by atoms with Crippen LogP contribution in [0.3, 0.4) is 0 Å². The summed E-state index contributed by atoms with van der Waals surface area (Å²) in [5.74, 6) is -0.203. The maximum Gasteiger partial charge on any atom is 0.274 e. The van der Waals surface area contributed by atoms with Crippen molar-refractivity contribution in [3.63, 3.8) is 0 Å². The standard InChI is InChI=1S/C21H23N3O3/c1-14(2)13-24-21(27)17-11-7-6-10-16(17)19(23-24)20(26)22-12-18(25)15-8-4-3-5-9-15/h3-11,14,18,25H,12-13H2,1-2H3,(H,22,26). The fraction of sp³-hybridized carbons (Fsp3) is 0.286. The van der Waals surface area contributed by atoms with Crippen LogP contribution in [0.15, 0.2) is 59.4 Å². The molecular formula is C21H23N3O3. The van der Waals surface area contributed by atoms with Crippen LogP contribution in [0.25, 0.3) is 10.8 Å². The lowest BCUT2D eigenvalue weighted by Crippen LogP contribution is -2.33. The number of benzene rings is 2. The second-order valence-electron chi connectivity index (χ2n) is 6.91. The second-order valence-corrected chi connectivity index (χ2v) is 6.91. The summed E-state index contributed by atoms with van der Waals surface area (Å²) in [6.07, 6.45) is -0.817. The van der Waals surface area contributed by atoms with E-state index in [9.17, 15) is 14.7 Å². The monoisotopic (exact) mass is 365 g/mol. The Morgan fingerprint density at radius 2 is 1.70 bits per heavy atom. The summed E-state index contributed by atoms with van der Waals surface area (Å²) in [5, 5.41) is 18.2. The molecule has 3 rings (SSSR count). The lowest BCUT2D eigenvalue weighted by atomic mass is 10.1. The number of aliphatic hydroxyl groups is 1. The lowest BCUT2D eigenvalue weighted by molar-refractivity contribution is 0.0910. The molecule has 6 nitrogen and oxygen atoms in total. The average molecular weight is 365 g/mol. The Balaban J connectivity index is 1.89. The molecule has 0 spiro atoms. The Hall–Kier alpha value is -2.99. The van der Waals surface area contributed by atoms with Gasteiger partial charge in [0.25, 0.3) is 11.5 Å². The van der Waals surface area contributed by atoms with Gasteiger partial charge >= 0.3 is 0 Å². The third-order valence-corrected chi connectivity index (χ3v) is 4.26. The molecule has 1 unspecified atom stereocenters. The van der Waals surface area contributed by atoms with Gasteiger partial charge in [-0.1, -0.05) is 62.4 Å². The molecule has 27 heavy (non-hydrogen) atoms. The molecule has 0 saturated heterocycles. The third-order valence-electron chi connectivity index (χ3n) is 4.26. The summed E-state index contributed by atoms with van der Waals surface area (Å²) < 4.78 is 1.34. The Bertz CT molecular complexity index is 996. The lowest BCUT2D eigenvalue weighted by Gasteiger charge is -2.14. The molecule has 0 radical (unpaired) electrons. The second kappa shape index (κ2) is 8.14. The molecule has 0 aliphatic carbocycles. The molecule has 2 aromatic carbocycles. The number of fused-ring (bicyclic) bond motifs is 1. The maximum atomic E-state index is 12.7. The van der Waals surface area contributed by atoms with E-state index in [1.807, 2.05) is 32.0 Å². The van der Waals surface area contributed by atoms with Crippen LogP contribution in [0.4, 0.5) is 0 Å². The van der Waals surface area contributed by atoms with Crippen molar-refractivity contribution in [1.82, 2.24) is 15.1 Å². The van der Waals surface area contributed by atoms with E-state index in [-0.39, 0.29) is 23.7 Å². The number of hydrogen-bond acceptors (Lipinski definition) is 4. The molecule has 6 heteroatoms. The summed E-state index contributed by atoms with van der Waals surface area (Å²) in [5.41, 5.74) is 0.701. The number of nitrogens with one attached hydrogen (secondary N) is 1. The SMILES string of the molecule is CC(C)Cn1nc(C(=O)NCC(O)c2ccccc2)c2ccccc2c1=O. The first-order chi connectivity index (χ1) is 13.0. The van der Waals surface area contributed by atoms with E-state index in [2.05, 4.69) is 10.4 Å². The number of rotatable bonds is 6. The van der Waals surface area contributed by atoms with Crippen LogP contribution >= 0.6 is 0 Å². The van der Waals surface area contributed by atoms with Gasteiger partial charge in [0.05, 0.1) is 11.5 Å². The van der Waals surface area contributed by atoms with Gasteiger partial charge in [-0.05, 0) is 17.5 Å². The molecule has 0 fully saturated rings. The minimum Gasteiger partial charge on any atom is -0.387 e. The zero-order valence-corrected chi connectivity index (χ0v) is 15.4. The van der Waals surface area contributed by atoms with E-state index in [1.165, 1.54) is 4.68 Å². The van der Waals surface area contributed by atoms with Gasteiger partial charge in [0.1, 0.15) is 0 Å². The van der Waals surface area contributed by atoms with Gasteiger partial charge in [-0.2, -0.15) is 5.10 Å². The molecule has 1 aromatic heterocycles. The summed E-state index contributed by atoms with van der Waals surface area (Å²) in [6.45, 7) is 4.46. The number of carbonyl (C=O) groups excluding carboxylic acids is 1. The number of hydrogen-bond donors (Lipinski definition) is 2. The Labute approximate surface area is 157 Å². The zero-order valence-electron chi connectivity index (χ0n) is 15.4. The van der Waals surface area contributed by atoms with Crippen LogP contribution < -0.4 is 10.9 Å². The first kappa shape index (κ1) is 18.8. The first-order valence-corrected chi connectivity index (χ1v) is 8.98. The molecule has 0 aliphatic rings. The number of aromatic nitrogens is 2. The molecular weight excluding hydrogens is 342 g/mol. The third kappa shape index (κ3) is 4.23. The average Bonchev–Trinajstić information content (AvgIpc) is 2.68. The van der Waals surface area contributed by atoms with Crippen molar-refractivity contribution in [2.24, 2.45) is 5.92 Å². The van der Waals surface area contributed by atoms with Crippen LogP contribution in [0.1, 0.15) is 36.0 Å². The molecule has 2 N–H and O–H groups in total. The van der Waals surface area contributed by atoms with E-state index in [0.29, 0.717) is 17.3 Å². The number of aliphatic hydroxyl groups excluding tert-OH is 1. The summed E-state index contributed by atoms with van der Waals surface area (Å²) >= 11 is 0. The van der Waals surface area contributed by atoms with Gasteiger partial charge in [-0.25, -0.2) is 4.68 Å². The topological polar surface area (TPSA) is 84.2 Å². The number of amides is 1. The predicted octanol–water partition coefficient (Wildman–Crippen LogP) is 2.52. The highest BCUT2D eigenvalue weighted by molar-refractivity contribution is 6.04. The number of nitrogens with zero attached hydrogens (tertiary/aromatic N) is 2. The summed E-state index contributed by atoms with van der Waals surface area (Å²) in [4.78, 5) is 25.4. The van der Waals surface area contributed by atoms with Gasteiger partial charge in [-0.15, -0.1) is 0 Å². The van der Waals surface area contributed by atoms with E-state index in [1.54, 1.807) is 36.4 Å². The highest BCUT2D eigenvalue weighted by atomic mass is 16.3. The minimum absolute atomic E-state index is 0.0577. The Morgan fingerprint density at radius 3 is 2.37 bits per heavy atom. The van der Waals surface area contributed by atoms with Crippen LogP contribution in [-0.2, 0) is 6.54 Å². The van der Waals surface area contributed by atoms with Gasteiger partial charge in [-0.3, -0.25) is 9.59 Å². The van der Waals surface area contributed by atoms with E-state index in [4.69, 9.17) is 0 Å². The zero-order chi connectivity index (χ0) is 19.4. The summed E-state index contributed by atoms with van der Waals surface area (Å²) in [6, 6.07) is 16.1. The van der Waals surface area contributed by atoms with Gasteiger partial charge in [0.2, 0.25) is 0 Å². The molecule has 3 aromatic rings. The van der Waals surface area contributed by atoms with Crippen molar-refractivity contribution in [2.75, 3.05) is 6.54 Å². The highest BCUT2D eigenvalue weighted by Crippen LogP contribution is 2.15. The normalized spacial score (nSPS) is 12.3. The molecule has 0 saturated carbocycles. The van der Waals surface area contributed by atoms with Crippen molar-refractivity contribution in [3.05, 3.63) is 76.2 Å². The number of carbonyl (C=O) groups is 1. The molecule has 1 heterocycles. The first-order valence-electron chi connectivity index (χ1n) is 8.98. The van der Waals surface area contributed by atoms with Gasteiger partial charge in [0.15, 0.2) is 5.69 Å². The van der Waals surface area contributed by atoms with Crippen molar-refractivity contribution in [1.29, 1.82) is 0 Å². The van der Waals surface area contributed by atoms with E-state index in [0.717, 1.165) is 5.56 Å². The van der Waals surface area contributed by atoms with Crippen LogP contribution in [0.5, 0.6) is 0 Å². The van der Waals surface area contributed by atoms with E-state index < -0.39 is 12.0 Å². The maximum absolute atomic E-state index is 12.7. The van der Waals surface area contributed by atoms with E-state index >= 15 is 0 Å². The Morgan fingerprint density at radius 1 is 1.07 bits per heavy atom. The van der Waals surface area contributed by atoms with Crippen molar-refractivity contribution >= 4 is 16.7 Å². The fourth-order valence-corrected chi connectivity index (χ4v) is 2.94. The van der Waals surface area contributed by atoms with Crippen molar-refractivity contribution in [3.8, 4) is 0 Å². The molecule has 140 valence electrons. The molecule has 1 atom stereocenters. The van der Waals surface area contributed by atoms with Crippen molar-refractivity contribution in [2.45, 2.75) is 26.5 Å². The molecule has 0 aliphatic heterocycles. The largest absolute Gasteiger partial charge is 0.387 e. The van der Waals surface area contributed by atoms with Crippen LogP contribution in [-0.4, -0.2) is 27.3 Å². The van der Waals surface area contributed by atoms with Crippen LogP contribution in [0.2, 0.25) is 0 Å². The highest BCUT2D eigenvalue weighted by Gasteiger charge is 2.18. The molecule has 0 bridgehead atoms. The summed E-state index contributed by atoms with van der Waals surface area (Å²) in [7, 11) is 0. The van der Waals surface area contributed by atoms with Gasteiger partial charge in [0, 0.05) is 18.5 Å². The fourth-order valence-electron chi connectivity index (χ4n) is 2.94. The predicted molar refractivity (Wildman–Crippen MR) is 105 cm³/mol. The molecule has 1 amide bonds. The smallest absolute Gasteiger partial charge is 0.274 e. The minimum atomic E-state index is -0.817. The quantitative estimate of drug-likeness (QED) is 0.703.